The lowest BCUT2D eigenvalue weighted by atomic mass is 9.87. The van der Waals surface area contributed by atoms with Gasteiger partial charge in [-0.25, -0.2) is 4.98 Å². The predicted molar refractivity (Wildman–Crippen MR) is 88.3 cm³/mol. The van der Waals surface area contributed by atoms with E-state index >= 15 is 0 Å². The van der Waals surface area contributed by atoms with E-state index in [1.165, 1.54) is 5.56 Å². The first-order valence-corrected chi connectivity index (χ1v) is 8.16. The molecule has 110 valence electrons. The SMILES string of the molecule is CC(C)(C)c1ccc(Nc2nc3c(c(=O)[nH]2)CSC3)cc1. The molecule has 2 aromatic rings. The molecule has 0 aliphatic carbocycles. The van der Waals surface area contributed by atoms with Crippen LogP contribution in [0.5, 0.6) is 0 Å². The topological polar surface area (TPSA) is 57.8 Å². The van der Waals surface area contributed by atoms with Crippen molar-refractivity contribution in [1.29, 1.82) is 0 Å². The van der Waals surface area contributed by atoms with Gasteiger partial charge in [0.2, 0.25) is 5.95 Å². The van der Waals surface area contributed by atoms with Crippen LogP contribution < -0.4 is 10.9 Å². The van der Waals surface area contributed by atoms with Crippen LogP contribution in [0.2, 0.25) is 0 Å². The Labute approximate surface area is 128 Å². The number of aromatic amines is 1. The number of H-pyrrole nitrogens is 1. The third-order valence-corrected chi connectivity index (χ3v) is 4.57. The molecule has 0 radical (unpaired) electrons. The van der Waals surface area contributed by atoms with E-state index in [-0.39, 0.29) is 11.0 Å². The van der Waals surface area contributed by atoms with Crippen LogP contribution in [0.4, 0.5) is 11.6 Å². The van der Waals surface area contributed by atoms with Crippen molar-refractivity contribution in [1.82, 2.24) is 9.97 Å². The minimum absolute atomic E-state index is 0.0289. The number of benzene rings is 1. The van der Waals surface area contributed by atoms with Crippen LogP contribution in [0.1, 0.15) is 37.6 Å². The van der Waals surface area contributed by atoms with E-state index in [0.29, 0.717) is 5.95 Å². The van der Waals surface area contributed by atoms with E-state index < -0.39 is 0 Å². The molecule has 2 heterocycles. The largest absolute Gasteiger partial charge is 0.326 e. The van der Waals surface area contributed by atoms with Crippen LogP contribution in [-0.4, -0.2) is 9.97 Å². The summed E-state index contributed by atoms with van der Waals surface area (Å²) in [6.45, 7) is 6.56. The second-order valence-electron chi connectivity index (χ2n) is 6.28. The molecule has 0 unspecified atom stereocenters. The third kappa shape index (κ3) is 2.97. The minimum atomic E-state index is -0.0289. The van der Waals surface area contributed by atoms with Gasteiger partial charge in [0.1, 0.15) is 0 Å². The van der Waals surface area contributed by atoms with Gasteiger partial charge < -0.3 is 5.32 Å². The molecule has 1 aromatic heterocycles. The fraction of sp³-hybridized carbons (Fsp3) is 0.375. The third-order valence-electron chi connectivity index (χ3n) is 3.60. The Morgan fingerprint density at radius 3 is 2.57 bits per heavy atom. The first kappa shape index (κ1) is 14.2. The number of rotatable bonds is 2. The summed E-state index contributed by atoms with van der Waals surface area (Å²) >= 11 is 1.73. The highest BCUT2D eigenvalue weighted by atomic mass is 32.2. The van der Waals surface area contributed by atoms with Crippen molar-refractivity contribution in [3.63, 3.8) is 0 Å². The summed E-state index contributed by atoms with van der Waals surface area (Å²) in [5.41, 5.74) is 4.03. The summed E-state index contributed by atoms with van der Waals surface area (Å²) in [7, 11) is 0. The van der Waals surface area contributed by atoms with Gasteiger partial charge in [-0.05, 0) is 23.1 Å². The molecule has 1 aromatic carbocycles. The number of hydrogen-bond acceptors (Lipinski definition) is 4. The lowest BCUT2D eigenvalue weighted by Crippen LogP contribution is -2.16. The molecule has 0 fully saturated rings. The number of fused-ring (bicyclic) bond motifs is 1. The monoisotopic (exact) mass is 301 g/mol. The molecule has 21 heavy (non-hydrogen) atoms. The summed E-state index contributed by atoms with van der Waals surface area (Å²) < 4.78 is 0. The highest BCUT2D eigenvalue weighted by Gasteiger charge is 2.18. The van der Waals surface area contributed by atoms with Gasteiger partial charge in [0.25, 0.3) is 5.56 Å². The molecule has 0 spiro atoms. The van der Waals surface area contributed by atoms with Gasteiger partial charge in [-0.3, -0.25) is 9.78 Å². The average molecular weight is 301 g/mol. The molecule has 0 saturated carbocycles. The van der Waals surface area contributed by atoms with E-state index in [9.17, 15) is 4.79 Å². The Kier molecular flexibility index (Phi) is 3.53. The van der Waals surface area contributed by atoms with Crippen molar-refractivity contribution >= 4 is 23.4 Å². The Balaban J connectivity index is 1.84. The number of nitrogens with one attached hydrogen (secondary N) is 2. The van der Waals surface area contributed by atoms with Crippen molar-refractivity contribution < 1.29 is 0 Å². The van der Waals surface area contributed by atoms with Crippen molar-refractivity contribution in [2.75, 3.05) is 5.32 Å². The van der Waals surface area contributed by atoms with Crippen LogP contribution in [0.25, 0.3) is 0 Å². The van der Waals surface area contributed by atoms with E-state index in [0.717, 1.165) is 28.5 Å². The van der Waals surface area contributed by atoms with Gasteiger partial charge in [-0.1, -0.05) is 32.9 Å². The Hall–Kier alpha value is -1.75. The number of nitrogens with zero attached hydrogens (tertiary/aromatic N) is 1. The molecule has 0 amide bonds. The summed E-state index contributed by atoms with van der Waals surface area (Å²) in [6.07, 6.45) is 0. The second-order valence-corrected chi connectivity index (χ2v) is 7.27. The average Bonchev–Trinajstić information content (AvgIpc) is 2.87. The van der Waals surface area contributed by atoms with Gasteiger partial charge in [-0.2, -0.15) is 11.8 Å². The van der Waals surface area contributed by atoms with Crippen LogP contribution >= 0.6 is 11.8 Å². The highest BCUT2D eigenvalue weighted by molar-refractivity contribution is 7.98. The van der Waals surface area contributed by atoms with Gasteiger partial charge in [0.15, 0.2) is 0 Å². The Bertz CT molecular complexity index is 714. The van der Waals surface area contributed by atoms with Crippen LogP contribution in [0.3, 0.4) is 0 Å². The zero-order valence-corrected chi connectivity index (χ0v) is 13.3. The Morgan fingerprint density at radius 1 is 1.19 bits per heavy atom. The number of aromatic nitrogens is 2. The molecule has 3 rings (SSSR count). The zero-order valence-electron chi connectivity index (χ0n) is 12.5. The molecule has 1 aliphatic heterocycles. The summed E-state index contributed by atoms with van der Waals surface area (Å²) in [5.74, 6) is 2.10. The molecule has 5 heteroatoms. The van der Waals surface area contributed by atoms with E-state index in [4.69, 9.17) is 0 Å². The van der Waals surface area contributed by atoms with Crippen LogP contribution in [-0.2, 0) is 16.9 Å². The number of anilines is 2. The first-order chi connectivity index (χ1) is 9.93. The summed E-state index contributed by atoms with van der Waals surface area (Å²) in [4.78, 5) is 19.3. The first-order valence-electron chi connectivity index (χ1n) is 7.01. The summed E-state index contributed by atoms with van der Waals surface area (Å²) in [5, 5.41) is 3.18. The van der Waals surface area contributed by atoms with E-state index in [1.54, 1.807) is 11.8 Å². The van der Waals surface area contributed by atoms with Gasteiger partial charge in [0.05, 0.1) is 5.69 Å². The highest BCUT2D eigenvalue weighted by Crippen LogP contribution is 2.27. The van der Waals surface area contributed by atoms with Gasteiger partial charge in [0, 0.05) is 22.8 Å². The van der Waals surface area contributed by atoms with Gasteiger partial charge >= 0.3 is 0 Å². The molecule has 0 bridgehead atoms. The molecular formula is C16H19N3OS. The maximum atomic E-state index is 12.0. The van der Waals surface area contributed by atoms with Crippen molar-refractivity contribution in [2.45, 2.75) is 37.7 Å². The standard InChI is InChI=1S/C16H19N3OS/c1-16(2,3)10-4-6-11(7-5-10)17-15-18-13-9-21-8-12(13)14(20)19-15/h4-7H,8-9H2,1-3H3,(H2,17,18,19,20). The normalized spacial score (nSPS) is 14.0. The molecule has 2 N–H and O–H groups in total. The molecular weight excluding hydrogens is 282 g/mol. The predicted octanol–water partition coefficient (Wildman–Crippen LogP) is 3.56. The fourth-order valence-corrected chi connectivity index (χ4v) is 3.35. The molecule has 0 atom stereocenters. The molecule has 4 nitrogen and oxygen atoms in total. The van der Waals surface area contributed by atoms with Crippen LogP contribution in [0, 0.1) is 0 Å². The van der Waals surface area contributed by atoms with Crippen LogP contribution in [0.15, 0.2) is 29.1 Å². The summed E-state index contributed by atoms with van der Waals surface area (Å²) in [6, 6.07) is 8.23. The fourth-order valence-electron chi connectivity index (χ4n) is 2.31. The zero-order chi connectivity index (χ0) is 15.0. The number of thioether (sulfide) groups is 1. The van der Waals surface area contributed by atoms with E-state index in [1.807, 2.05) is 12.1 Å². The maximum Gasteiger partial charge on any atom is 0.256 e. The van der Waals surface area contributed by atoms with Crippen molar-refractivity contribution in [3.8, 4) is 0 Å². The quantitative estimate of drug-likeness (QED) is 0.890. The number of hydrogen-bond donors (Lipinski definition) is 2. The second kappa shape index (κ2) is 5.22. The van der Waals surface area contributed by atoms with E-state index in [2.05, 4.69) is 48.2 Å². The minimum Gasteiger partial charge on any atom is -0.326 e. The Morgan fingerprint density at radius 2 is 1.90 bits per heavy atom. The smallest absolute Gasteiger partial charge is 0.256 e. The van der Waals surface area contributed by atoms with Gasteiger partial charge in [-0.15, -0.1) is 0 Å². The lowest BCUT2D eigenvalue weighted by molar-refractivity contribution is 0.590. The molecule has 1 aliphatic rings. The van der Waals surface area contributed by atoms with Crippen molar-refractivity contribution in [3.05, 3.63) is 51.4 Å². The maximum absolute atomic E-state index is 12.0. The molecule has 0 saturated heterocycles. The van der Waals surface area contributed by atoms with Crippen molar-refractivity contribution in [2.24, 2.45) is 0 Å². The lowest BCUT2D eigenvalue weighted by Gasteiger charge is -2.19.